The van der Waals surface area contributed by atoms with Crippen LogP contribution < -0.4 is 15.8 Å². The van der Waals surface area contributed by atoms with Crippen molar-refractivity contribution in [2.75, 3.05) is 31.2 Å². The second-order valence-electron chi connectivity index (χ2n) is 5.97. The van der Waals surface area contributed by atoms with E-state index in [-0.39, 0.29) is 22.9 Å². The average molecular weight is 428 g/mol. The predicted octanol–water partition coefficient (Wildman–Crippen LogP) is 3.29. The molecule has 3 N–H and O–H groups in total. The quantitative estimate of drug-likeness (QED) is 0.660. The Bertz CT molecular complexity index is 944. The minimum Gasteiger partial charge on any atom is -0.497 e. The summed E-state index contributed by atoms with van der Waals surface area (Å²) in [4.78, 5) is 12.8. The highest BCUT2D eigenvalue weighted by Gasteiger charge is 2.23. The van der Waals surface area contributed by atoms with Gasteiger partial charge in [0.25, 0.3) is 5.91 Å². The van der Waals surface area contributed by atoms with Crippen molar-refractivity contribution >= 4 is 39.7 Å². The standard InChI is InChI=1S/C19H25N3O4S.ClH/c1-5-22(6-2)27(24,25)15-9-7-13(3)16(12-15)19(23)21-18-11-14(26-4)8-10-17(18)20;/h7-12H,5-6,20H2,1-4H3,(H,21,23);1H. The van der Waals surface area contributed by atoms with E-state index in [1.807, 2.05) is 0 Å². The van der Waals surface area contributed by atoms with Crippen molar-refractivity contribution in [3.63, 3.8) is 0 Å². The highest BCUT2D eigenvalue weighted by molar-refractivity contribution is 7.89. The lowest BCUT2D eigenvalue weighted by atomic mass is 10.1. The van der Waals surface area contributed by atoms with Gasteiger partial charge in [-0.15, -0.1) is 12.4 Å². The molecule has 0 atom stereocenters. The van der Waals surface area contributed by atoms with E-state index in [9.17, 15) is 13.2 Å². The summed E-state index contributed by atoms with van der Waals surface area (Å²) in [7, 11) is -2.14. The van der Waals surface area contributed by atoms with Crippen LogP contribution in [0.15, 0.2) is 41.3 Å². The lowest BCUT2D eigenvalue weighted by Gasteiger charge is -2.19. The third kappa shape index (κ3) is 4.95. The minimum absolute atomic E-state index is 0. The monoisotopic (exact) mass is 427 g/mol. The van der Waals surface area contributed by atoms with Crippen LogP contribution in [0.4, 0.5) is 11.4 Å². The third-order valence-corrected chi connectivity index (χ3v) is 6.35. The van der Waals surface area contributed by atoms with E-state index in [1.165, 1.54) is 23.5 Å². The summed E-state index contributed by atoms with van der Waals surface area (Å²) >= 11 is 0. The van der Waals surface area contributed by atoms with Gasteiger partial charge in [0.2, 0.25) is 10.0 Å². The topological polar surface area (TPSA) is 102 Å². The maximum atomic E-state index is 12.8. The number of nitrogen functional groups attached to an aromatic ring is 1. The van der Waals surface area contributed by atoms with Gasteiger partial charge in [0.1, 0.15) is 5.75 Å². The van der Waals surface area contributed by atoms with Crippen molar-refractivity contribution < 1.29 is 17.9 Å². The first-order valence-corrected chi connectivity index (χ1v) is 10.0. The Morgan fingerprint density at radius 3 is 2.36 bits per heavy atom. The van der Waals surface area contributed by atoms with Crippen molar-refractivity contribution in [2.45, 2.75) is 25.7 Å². The molecule has 0 aliphatic heterocycles. The highest BCUT2D eigenvalue weighted by Crippen LogP contribution is 2.26. The molecular weight excluding hydrogens is 402 g/mol. The molecule has 2 aromatic carbocycles. The summed E-state index contributed by atoms with van der Waals surface area (Å²) in [6, 6.07) is 9.46. The second-order valence-corrected chi connectivity index (χ2v) is 7.91. The number of nitrogens with two attached hydrogens (primary N) is 1. The first-order valence-electron chi connectivity index (χ1n) is 8.60. The Kier molecular flexibility index (Phi) is 8.29. The van der Waals surface area contributed by atoms with Gasteiger partial charge in [-0.05, 0) is 36.8 Å². The number of hydrogen-bond acceptors (Lipinski definition) is 5. The molecule has 0 aliphatic rings. The number of benzene rings is 2. The second kappa shape index (κ2) is 9.77. The van der Waals surface area contributed by atoms with Crippen molar-refractivity contribution in [1.29, 1.82) is 0 Å². The molecular formula is C19H26ClN3O4S. The molecule has 0 heterocycles. The number of methoxy groups -OCH3 is 1. The first-order chi connectivity index (χ1) is 12.7. The number of hydrogen-bond donors (Lipinski definition) is 2. The molecule has 0 bridgehead atoms. The molecule has 0 aliphatic carbocycles. The van der Waals surface area contributed by atoms with Crippen molar-refractivity contribution in [3.8, 4) is 5.75 Å². The maximum Gasteiger partial charge on any atom is 0.256 e. The fraction of sp³-hybridized carbons (Fsp3) is 0.316. The number of halogens is 1. The number of aryl methyl sites for hydroxylation is 1. The number of sulfonamides is 1. The van der Waals surface area contributed by atoms with Crippen molar-refractivity contribution in [2.24, 2.45) is 0 Å². The molecule has 7 nitrogen and oxygen atoms in total. The minimum atomic E-state index is -3.66. The van der Waals surface area contributed by atoms with Gasteiger partial charge in [0, 0.05) is 24.7 Å². The number of nitrogens with one attached hydrogen (secondary N) is 1. The van der Waals surface area contributed by atoms with Gasteiger partial charge < -0.3 is 15.8 Å². The van der Waals surface area contributed by atoms with Gasteiger partial charge in [0.05, 0.1) is 23.4 Å². The van der Waals surface area contributed by atoms with Crippen molar-refractivity contribution in [1.82, 2.24) is 4.31 Å². The number of anilines is 2. The number of carbonyl (C=O) groups excluding carboxylic acids is 1. The number of ether oxygens (including phenoxy) is 1. The van der Waals surface area contributed by atoms with Gasteiger partial charge in [-0.1, -0.05) is 19.9 Å². The summed E-state index contributed by atoms with van der Waals surface area (Å²) in [5.74, 6) is 0.109. The van der Waals surface area contributed by atoms with E-state index in [1.54, 1.807) is 45.0 Å². The Morgan fingerprint density at radius 2 is 1.79 bits per heavy atom. The van der Waals surface area contributed by atoms with Gasteiger partial charge in [-0.25, -0.2) is 8.42 Å². The number of amides is 1. The third-order valence-electron chi connectivity index (χ3n) is 4.31. The van der Waals surface area contributed by atoms with E-state index in [0.29, 0.717) is 35.8 Å². The summed E-state index contributed by atoms with van der Waals surface area (Å²) in [6.07, 6.45) is 0. The van der Waals surface area contributed by atoms with E-state index in [4.69, 9.17) is 10.5 Å². The summed E-state index contributed by atoms with van der Waals surface area (Å²) in [5, 5.41) is 2.73. The van der Waals surface area contributed by atoms with Gasteiger partial charge in [-0.3, -0.25) is 4.79 Å². The van der Waals surface area contributed by atoms with Crippen LogP contribution in [0, 0.1) is 6.92 Å². The van der Waals surface area contributed by atoms with E-state index in [2.05, 4.69) is 5.32 Å². The highest BCUT2D eigenvalue weighted by atomic mass is 35.5. The molecule has 0 fully saturated rings. The van der Waals surface area contributed by atoms with Gasteiger partial charge in [-0.2, -0.15) is 4.31 Å². The molecule has 1 amide bonds. The zero-order valence-electron chi connectivity index (χ0n) is 16.4. The molecule has 0 saturated heterocycles. The smallest absolute Gasteiger partial charge is 0.256 e. The number of nitrogens with zero attached hydrogens (tertiary/aromatic N) is 1. The summed E-state index contributed by atoms with van der Waals surface area (Å²) in [5.41, 5.74) is 7.62. The molecule has 0 radical (unpaired) electrons. The van der Waals surface area contributed by atoms with E-state index < -0.39 is 15.9 Å². The zero-order valence-corrected chi connectivity index (χ0v) is 18.0. The maximum absolute atomic E-state index is 12.8. The molecule has 0 saturated carbocycles. The van der Waals surface area contributed by atoms with Crippen LogP contribution in [-0.2, 0) is 10.0 Å². The molecule has 2 aromatic rings. The van der Waals surface area contributed by atoms with E-state index >= 15 is 0 Å². The largest absolute Gasteiger partial charge is 0.497 e. The molecule has 0 spiro atoms. The van der Waals surface area contributed by atoms with Crippen molar-refractivity contribution in [3.05, 3.63) is 47.5 Å². The molecule has 9 heteroatoms. The molecule has 2 rings (SSSR count). The van der Waals surface area contributed by atoms with E-state index in [0.717, 1.165) is 0 Å². The molecule has 0 unspecified atom stereocenters. The lowest BCUT2D eigenvalue weighted by molar-refractivity contribution is 0.102. The Labute approximate surface area is 172 Å². The van der Waals surface area contributed by atoms with Crippen LogP contribution in [0.2, 0.25) is 0 Å². The summed E-state index contributed by atoms with van der Waals surface area (Å²) in [6.45, 7) is 6.00. The lowest BCUT2D eigenvalue weighted by Crippen LogP contribution is -2.30. The predicted molar refractivity (Wildman–Crippen MR) is 114 cm³/mol. The molecule has 154 valence electrons. The fourth-order valence-electron chi connectivity index (χ4n) is 2.68. The van der Waals surface area contributed by atoms with Gasteiger partial charge >= 0.3 is 0 Å². The molecule has 0 aromatic heterocycles. The van der Waals surface area contributed by atoms with Gasteiger partial charge in [0.15, 0.2) is 0 Å². The molecule has 28 heavy (non-hydrogen) atoms. The number of rotatable bonds is 7. The fourth-order valence-corrected chi connectivity index (χ4v) is 4.16. The van der Waals surface area contributed by atoms with Crippen LogP contribution in [0.1, 0.15) is 29.8 Å². The first kappa shape index (κ1) is 23.7. The Balaban J connectivity index is 0.00000392. The van der Waals surface area contributed by atoms with Crippen LogP contribution in [-0.4, -0.2) is 38.8 Å². The van der Waals surface area contributed by atoms with Crippen LogP contribution in [0.25, 0.3) is 0 Å². The van der Waals surface area contributed by atoms with Crippen LogP contribution in [0.5, 0.6) is 5.75 Å². The number of carbonyl (C=O) groups is 1. The van der Waals surface area contributed by atoms with Crippen LogP contribution in [0.3, 0.4) is 0 Å². The average Bonchev–Trinajstić information content (AvgIpc) is 2.64. The van der Waals surface area contributed by atoms with Crippen LogP contribution >= 0.6 is 12.4 Å². The SMILES string of the molecule is CCN(CC)S(=O)(=O)c1ccc(C)c(C(=O)Nc2cc(OC)ccc2N)c1.Cl. The Hall–Kier alpha value is -2.29. The zero-order chi connectivity index (χ0) is 20.2. The normalized spacial score (nSPS) is 11.0. The summed E-state index contributed by atoms with van der Waals surface area (Å²) < 4.78 is 32.0. The Morgan fingerprint density at radius 1 is 1.14 bits per heavy atom.